The second-order valence-electron chi connectivity index (χ2n) is 4.76. The van der Waals surface area contributed by atoms with Crippen LogP contribution in [0, 0.1) is 5.92 Å². The lowest BCUT2D eigenvalue weighted by molar-refractivity contribution is -0.139. The van der Waals surface area contributed by atoms with Crippen LogP contribution >= 0.6 is 0 Å². The smallest absolute Gasteiger partial charge is 0.326 e. The first-order valence-corrected chi connectivity index (χ1v) is 6.37. The maximum atomic E-state index is 12.3. The predicted octanol–water partition coefficient (Wildman–Crippen LogP) is 0.723. The molecule has 0 bridgehead atoms. The molecule has 0 aromatic carbocycles. The summed E-state index contributed by atoms with van der Waals surface area (Å²) in [5.41, 5.74) is -0.0301. The van der Waals surface area contributed by atoms with Crippen LogP contribution < -0.4 is 14.8 Å². The highest BCUT2D eigenvalue weighted by Crippen LogP contribution is 2.23. The Bertz CT molecular complexity index is 496. The van der Waals surface area contributed by atoms with Crippen LogP contribution in [0.2, 0.25) is 0 Å². The van der Waals surface area contributed by atoms with Gasteiger partial charge in [-0.15, -0.1) is 0 Å². The Morgan fingerprint density at radius 3 is 2.14 bits per heavy atom. The van der Waals surface area contributed by atoms with Crippen molar-refractivity contribution in [2.24, 2.45) is 5.92 Å². The first kappa shape index (κ1) is 16.7. The molecule has 1 heterocycles. The van der Waals surface area contributed by atoms with E-state index in [-0.39, 0.29) is 23.2 Å². The van der Waals surface area contributed by atoms with E-state index in [4.69, 9.17) is 14.6 Å². The molecule has 8 nitrogen and oxygen atoms in total. The Morgan fingerprint density at radius 1 is 1.24 bits per heavy atom. The SMILES string of the molecule is COc1ncnc(OC)c1C(=O)N[C@H](CC(C)C)C(=O)O. The fraction of sp³-hybridized carbons (Fsp3) is 0.538. The number of aliphatic carboxylic acids is 1. The van der Waals surface area contributed by atoms with Gasteiger partial charge in [-0.05, 0) is 12.3 Å². The van der Waals surface area contributed by atoms with Gasteiger partial charge in [0.15, 0.2) is 5.56 Å². The number of hydrogen-bond acceptors (Lipinski definition) is 6. The number of hydrogen-bond donors (Lipinski definition) is 2. The van der Waals surface area contributed by atoms with Crippen LogP contribution in [0.4, 0.5) is 0 Å². The van der Waals surface area contributed by atoms with Gasteiger partial charge in [-0.2, -0.15) is 0 Å². The second-order valence-corrected chi connectivity index (χ2v) is 4.76. The molecule has 2 N–H and O–H groups in total. The fourth-order valence-corrected chi connectivity index (χ4v) is 1.78. The van der Waals surface area contributed by atoms with Gasteiger partial charge in [-0.1, -0.05) is 13.8 Å². The predicted molar refractivity (Wildman–Crippen MR) is 73.5 cm³/mol. The zero-order valence-electron chi connectivity index (χ0n) is 12.4. The van der Waals surface area contributed by atoms with E-state index in [1.54, 1.807) is 0 Å². The first-order valence-electron chi connectivity index (χ1n) is 6.37. The zero-order chi connectivity index (χ0) is 16.0. The van der Waals surface area contributed by atoms with Gasteiger partial charge >= 0.3 is 5.97 Å². The van der Waals surface area contributed by atoms with E-state index in [0.29, 0.717) is 6.42 Å². The molecule has 0 aliphatic heterocycles. The van der Waals surface area contributed by atoms with Crippen LogP contribution in [0.1, 0.15) is 30.6 Å². The molecule has 0 unspecified atom stereocenters. The number of carbonyl (C=O) groups excluding carboxylic acids is 1. The molecule has 0 aliphatic rings. The van der Waals surface area contributed by atoms with Gasteiger partial charge in [0.2, 0.25) is 11.8 Å². The number of amides is 1. The van der Waals surface area contributed by atoms with Crippen molar-refractivity contribution >= 4 is 11.9 Å². The van der Waals surface area contributed by atoms with Gasteiger partial charge in [0.05, 0.1) is 14.2 Å². The van der Waals surface area contributed by atoms with Gasteiger partial charge in [0.1, 0.15) is 12.4 Å². The highest BCUT2D eigenvalue weighted by Gasteiger charge is 2.27. The van der Waals surface area contributed by atoms with Crippen LogP contribution in [0.5, 0.6) is 11.8 Å². The summed E-state index contributed by atoms with van der Waals surface area (Å²) in [5.74, 6) is -1.60. The molecule has 0 fully saturated rings. The molecule has 0 saturated heterocycles. The minimum Gasteiger partial charge on any atom is -0.480 e. The number of aromatic nitrogens is 2. The standard InChI is InChI=1S/C13H19N3O5/c1-7(2)5-8(13(18)19)16-10(17)9-11(20-3)14-6-15-12(9)21-4/h6-8H,5H2,1-4H3,(H,16,17)(H,18,19)/t8-/m1/s1. The van der Waals surface area contributed by atoms with Crippen molar-refractivity contribution in [1.82, 2.24) is 15.3 Å². The number of carbonyl (C=O) groups is 2. The lowest BCUT2D eigenvalue weighted by Gasteiger charge is -2.17. The van der Waals surface area contributed by atoms with Crippen molar-refractivity contribution in [3.05, 3.63) is 11.9 Å². The van der Waals surface area contributed by atoms with Crippen molar-refractivity contribution in [3.8, 4) is 11.8 Å². The van der Waals surface area contributed by atoms with E-state index in [2.05, 4.69) is 15.3 Å². The summed E-state index contributed by atoms with van der Waals surface area (Å²) in [6.45, 7) is 3.74. The molecule has 0 saturated carbocycles. The number of carboxylic acids is 1. The van der Waals surface area contributed by atoms with Crippen molar-refractivity contribution in [2.45, 2.75) is 26.3 Å². The monoisotopic (exact) mass is 297 g/mol. The third kappa shape index (κ3) is 4.30. The minimum atomic E-state index is -1.10. The van der Waals surface area contributed by atoms with Crippen molar-refractivity contribution in [1.29, 1.82) is 0 Å². The minimum absolute atomic E-state index is 0.0213. The number of ether oxygens (including phenoxy) is 2. The molecule has 0 radical (unpaired) electrons. The first-order chi connectivity index (χ1) is 9.90. The Labute approximate surface area is 122 Å². The van der Waals surface area contributed by atoms with Crippen LogP contribution in [0.3, 0.4) is 0 Å². The molecule has 21 heavy (non-hydrogen) atoms. The molecular formula is C13H19N3O5. The molecule has 1 aromatic rings. The Kier molecular flexibility index (Phi) is 5.89. The van der Waals surface area contributed by atoms with Crippen LogP contribution in [-0.2, 0) is 4.79 Å². The normalized spacial score (nSPS) is 11.9. The van der Waals surface area contributed by atoms with E-state index in [9.17, 15) is 9.59 Å². The quantitative estimate of drug-likeness (QED) is 0.763. The molecule has 116 valence electrons. The second kappa shape index (κ2) is 7.41. The third-order valence-electron chi connectivity index (χ3n) is 2.70. The fourth-order valence-electron chi connectivity index (χ4n) is 1.78. The van der Waals surface area contributed by atoms with E-state index >= 15 is 0 Å². The third-order valence-corrected chi connectivity index (χ3v) is 2.70. The van der Waals surface area contributed by atoms with Gasteiger partial charge in [0.25, 0.3) is 5.91 Å². The molecule has 1 amide bonds. The lowest BCUT2D eigenvalue weighted by atomic mass is 10.0. The number of methoxy groups -OCH3 is 2. The van der Waals surface area contributed by atoms with Crippen molar-refractivity contribution in [3.63, 3.8) is 0 Å². The highest BCUT2D eigenvalue weighted by atomic mass is 16.5. The van der Waals surface area contributed by atoms with Crippen molar-refractivity contribution < 1.29 is 24.2 Å². The lowest BCUT2D eigenvalue weighted by Crippen LogP contribution is -2.42. The van der Waals surface area contributed by atoms with Gasteiger partial charge in [-0.3, -0.25) is 4.79 Å². The Morgan fingerprint density at radius 2 is 1.76 bits per heavy atom. The maximum absolute atomic E-state index is 12.3. The summed E-state index contributed by atoms with van der Waals surface area (Å²) in [4.78, 5) is 31.1. The van der Waals surface area contributed by atoms with Gasteiger partial charge < -0.3 is 19.9 Å². The average molecular weight is 297 g/mol. The molecule has 1 aromatic heterocycles. The van der Waals surface area contributed by atoms with E-state index in [1.165, 1.54) is 20.5 Å². The summed E-state index contributed by atoms with van der Waals surface area (Å²) in [6, 6.07) is -1.01. The molecular weight excluding hydrogens is 278 g/mol. The summed E-state index contributed by atoms with van der Waals surface area (Å²) < 4.78 is 9.99. The molecule has 1 rings (SSSR count). The zero-order valence-corrected chi connectivity index (χ0v) is 12.4. The Balaban J connectivity index is 3.04. The molecule has 0 spiro atoms. The number of nitrogens with one attached hydrogen (secondary N) is 1. The summed E-state index contributed by atoms with van der Waals surface area (Å²) >= 11 is 0. The van der Waals surface area contributed by atoms with Crippen molar-refractivity contribution in [2.75, 3.05) is 14.2 Å². The molecule has 8 heteroatoms. The summed E-state index contributed by atoms with van der Waals surface area (Å²) in [5, 5.41) is 11.6. The van der Waals surface area contributed by atoms with E-state index in [0.717, 1.165) is 0 Å². The maximum Gasteiger partial charge on any atom is 0.326 e. The Hall–Kier alpha value is -2.38. The number of rotatable bonds is 7. The topological polar surface area (TPSA) is 111 Å². The largest absolute Gasteiger partial charge is 0.480 e. The summed E-state index contributed by atoms with van der Waals surface area (Å²) in [6.07, 6.45) is 1.50. The number of carboxylic acid groups (broad SMARTS) is 1. The molecule has 1 atom stereocenters. The van der Waals surface area contributed by atoms with Gasteiger partial charge in [-0.25, -0.2) is 14.8 Å². The van der Waals surface area contributed by atoms with Crippen LogP contribution in [-0.4, -0.2) is 47.2 Å². The van der Waals surface area contributed by atoms with E-state index in [1.807, 2.05) is 13.8 Å². The highest BCUT2D eigenvalue weighted by molar-refractivity contribution is 6.00. The van der Waals surface area contributed by atoms with Gasteiger partial charge in [0, 0.05) is 0 Å². The van der Waals surface area contributed by atoms with Crippen LogP contribution in [0.25, 0.3) is 0 Å². The average Bonchev–Trinajstić information content (AvgIpc) is 2.44. The summed E-state index contributed by atoms with van der Waals surface area (Å²) in [7, 11) is 2.70. The van der Waals surface area contributed by atoms with E-state index < -0.39 is 17.9 Å². The van der Waals surface area contributed by atoms with Crippen LogP contribution in [0.15, 0.2) is 6.33 Å². The number of nitrogens with zero attached hydrogens (tertiary/aromatic N) is 2. The molecule has 0 aliphatic carbocycles.